The highest BCUT2D eigenvalue weighted by molar-refractivity contribution is 5.61. The molecule has 7 heteroatoms. The van der Waals surface area contributed by atoms with Crippen LogP contribution in [0.3, 0.4) is 0 Å². The molecule has 0 radical (unpaired) electrons. The van der Waals surface area contributed by atoms with Crippen LogP contribution in [0.25, 0.3) is 11.3 Å². The van der Waals surface area contributed by atoms with Crippen molar-refractivity contribution in [1.29, 1.82) is 0 Å². The molecule has 0 bridgehead atoms. The highest BCUT2D eigenvalue weighted by atomic mass is 19.4. The van der Waals surface area contributed by atoms with E-state index in [-0.39, 0.29) is 11.6 Å². The lowest BCUT2D eigenvalue weighted by Gasteiger charge is -2.22. The Morgan fingerprint density at radius 1 is 0.875 bits per heavy atom. The smallest absolute Gasteiger partial charge is 0.341 e. The predicted molar refractivity (Wildman–Crippen MR) is 83.1 cm³/mol. The van der Waals surface area contributed by atoms with E-state index in [4.69, 9.17) is 0 Å². The Labute approximate surface area is 137 Å². The number of alkyl halides is 3. The third-order valence-electron chi connectivity index (χ3n) is 4.03. The Kier molecular flexibility index (Phi) is 4.69. The van der Waals surface area contributed by atoms with Gasteiger partial charge in [0.1, 0.15) is 5.82 Å². The maximum absolute atomic E-state index is 13.2. The quantitative estimate of drug-likeness (QED) is 0.744. The van der Waals surface area contributed by atoms with Crippen molar-refractivity contribution in [2.45, 2.75) is 31.9 Å². The fraction of sp³-hybridized carbons (Fsp3) is 0.412. The van der Waals surface area contributed by atoms with Crippen LogP contribution in [-0.4, -0.2) is 23.1 Å². The second-order valence-corrected chi connectivity index (χ2v) is 5.84. The molecule has 0 atom stereocenters. The van der Waals surface area contributed by atoms with E-state index in [1.165, 1.54) is 24.3 Å². The van der Waals surface area contributed by atoms with Gasteiger partial charge in [0.05, 0.1) is 5.69 Å². The molecule has 0 unspecified atom stereocenters. The second-order valence-electron chi connectivity index (χ2n) is 5.84. The van der Waals surface area contributed by atoms with Crippen molar-refractivity contribution in [3.63, 3.8) is 0 Å². The molecular weight excluding hydrogens is 322 g/mol. The molecule has 3 nitrogen and oxygen atoms in total. The largest absolute Gasteiger partial charge is 0.433 e. The molecule has 0 amide bonds. The fourth-order valence-electron chi connectivity index (χ4n) is 2.76. The number of hydrogen-bond acceptors (Lipinski definition) is 3. The van der Waals surface area contributed by atoms with Crippen LogP contribution in [0.2, 0.25) is 0 Å². The lowest BCUT2D eigenvalue weighted by atomic mass is 10.1. The van der Waals surface area contributed by atoms with Crippen LogP contribution >= 0.6 is 0 Å². The summed E-state index contributed by atoms with van der Waals surface area (Å²) in [6.45, 7) is 1.29. The first kappa shape index (κ1) is 16.7. The first-order valence-electron chi connectivity index (χ1n) is 7.91. The van der Waals surface area contributed by atoms with Crippen molar-refractivity contribution >= 4 is 5.95 Å². The molecule has 3 rings (SSSR count). The number of nitrogens with zero attached hydrogens (tertiary/aromatic N) is 3. The topological polar surface area (TPSA) is 29.0 Å². The third kappa shape index (κ3) is 3.83. The Bertz CT molecular complexity index is 690. The van der Waals surface area contributed by atoms with Gasteiger partial charge < -0.3 is 4.90 Å². The lowest BCUT2D eigenvalue weighted by molar-refractivity contribution is -0.141. The molecule has 2 aromatic rings. The Balaban J connectivity index is 2.04. The van der Waals surface area contributed by atoms with E-state index >= 15 is 0 Å². The standard InChI is InChI=1S/C17H17F4N3/c18-13-7-5-12(6-8-13)14-11-15(17(19,20)21)23-16(22-14)24-9-3-1-2-4-10-24/h5-8,11H,1-4,9-10H2. The number of aromatic nitrogens is 2. The van der Waals surface area contributed by atoms with Gasteiger partial charge in [-0.05, 0) is 43.2 Å². The van der Waals surface area contributed by atoms with Crippen LogP contribution in [0.5, 0.6) is 0 Å². The van der Waals surface area contributed by atoms with E-state index in [2.05, 4.69) is 9.97 Å². The Morgan fingerprint density at radius 3 is 2.08 bits per heavy atom. The highest BCUT2D eigenvalue weighted by Gasteiger charge is 2.34. The van der Waals surface area contributed by atoms with Crippen LogP contribution in [0.4, 0.5) is 23.5 Å². The van der Waals surface area contributed by atoms with E-state index in [1.807, 2.05) is 0 Å². The SMILES string of the molecule is Fc1ccc(-c2cc(C(F)(F)F)nc(N3CCCCCC3)n2)cc1. The molecule has 1 saturated heterocycles. The zero-order chi connectivity index (χ0) is 17.2. The van der Waals surface area contributed by atoms with Crippen molar-refractivity contribution < 1.29 is 17.6 Å². The number of hydrogen-bond donors (Lipinski definition) is 0. The van der Waals surface area contributed by atoms with Crippen molar-refractivity contribution in [2.24, 2.45) is 0 Å². The fourth-order valence-corrected chi connectivity index (χ4v) is 2.76. The minimum atomic E-state index is -4.56. The molecule has 1 aliphatic rings. The predicted octanol–water partition coefficient (Wildman–Crippen LogP) is 4.68. The molecule has 2 heterocycles. The summed E-state index contributed by atoms with van der Waals surface area (Å²) in [6.07, 6.45) is -0.629. The highest BCUT2D eigenvalue weighted by Crippen LogP contribution is 2.32. The van der Waals surface area contributed by atoms with Crippen molar-refractivity contribution in [3.05, 3.63) is 41.8 Å². The van der Waals surface area contributed by atoms with Crippen LogP contribution in [0.15, 0.2) is 30.3 Å². The van der Waals surface area contributed by atoms with Crippen molar-refractivity contribution in [3.8, 4) is 11.3 Å². The summed E-state index contributed by atoms with van der Waals surface area (Å²) in [5.41, 5.74) is -0.395. The Morgan fingerprint density at radius 2 is 1.50 bits per heavy atom. The van der Waals surface area contributed by atoms with Gasteiger partial charge in [0.15, 0.2) is 5.69 Å². The van der Waals surface area contributed by atoms with E-state index in [1.54, 1.807) is 4.90 Å². The lowest BCUT2D eigenvalue weighted by Crippen LogP contribution is -2.27. The third-order valence-corrected chi connectivity index (χ3v) is 4.03. The van der Waals surface area contributed by atoms with E-state index in [9.17, 15) is 17.6 Å². The molecule has 1 aromatic carbocycles. The van der Waals surface area contributed by atoms with Gasteiger partial charge in [0.2, 0.25) is 5.95 Å². The van der Waals surface area contributed by atoms with Crippen LogP contribution < -0.4 is 4.90 Å². The molecule has 0 N–H and O–H groups in total. The van der Waals surface area contributed by atoms with Gasteiger partial charge >= 0.3 is 6.18 Å². The average molecular weight is 339 g/mol. The average Bonchev–Trinajstić information content (AvgIpc) is 2.83. The zero-order valence-corrected chi connectivity index (χ0v) is 13.0. The monoisotopic (exact) mass is 339 g/mol. The molecule has 0 saturated carbocycles. The molecule has 1 aliphatic heterocycles. The zero-order valence-electron chi connectivity index (χ0n) is 13.0. The molecule has 0 spiro atoms. The minimum Gasteiger partial charge on any atom is -0.341 e. The molecule has 0 aliphatic carbocycles. The summed E-state index contributed by atoms with van der Waals surface area (Å²) in [4.78, 5) is 9.83. The summed E-state index contributed by atoms with van der Waals surface area (Å²) in [6, 6.07) is 6.16. The number of rotatable bonds is 2. The number of halogens is 4. The number of benzene rings is 1. The van der Waals surface area contributed by atoms with Gasteiger partial charge in [0, 0.05) is 18.7 Å². The minimum absolute atomic E-state index is 0.0889. The molecular formula is C17H17F4N3. The van der Waals surface area contributed by atoms with Gasteiger partial charge in [-0.25, -0.2) is 14.4 Å². The van der Waals surface area contributed by atoms with Crippen molar-refractivity contribution in [1.82, 2.24) is 9.97 Å². The maximum Gasteiger partial charge on any atom is 0.433 e. The molecule has 1 fully saturated rings. The number of anilines is 1. The summed E-state index contributed by atoms with van der Waals surface area (Å²) in [5, 5.41) is 0. The second kappa shape index (κ2) is 6.75. The summed E-state index contributed by atoms with van der Waals surface area (Å²) in [5.74, 6) is -0.359. The first-order valence-corrected chi connectivity index (χ1v) is 7.91. The van der Waals surface area contributed by atoms with E-state index in [0.29, 0.717) is 18.7 Å². The molecule has 128 valence electrons. The molecule has 1 aromatic heterocycles. The van der Waals surface area contributed by atoms with Gasteiger partial charge in [-0.15, -0.1) is 0 Å². The van der Waals surface area contributed by atoms with E-state index < -0.39 is 17.7 Å². The van der Waals surface area contributed by atoms with Crippen LogP contribution in [0.1, 0.15) is 31.4 Å². The normalized spacial score (nSPS) is 16.1. The van der Waals surface area contributed by atoms with Gasteiger partial charge in [-0.1, -0.05) is 12.8 Å². The van der Waals surface area contributed by atoms with E-state index in [0.717, 1.165) is 31.7 Å². The molecule has 24 heavy (non-hydrogen) atoms. The maximum atomic E-state index is 13.2. The summed E-state index contributed by atoms with van der Waals surface area (Å²) in [7, 11) is 0. The summed E-state index contributed by atoms with van der Waals surface area (Å²) < 4.78 is 52.7. The van der Waals surface area contributed by atoms with Crippen LogP contribution in [0, 0.1) is 5.82 Å². The van der Waals surface area contributed by atoms with Gasteiger partial charge in [-0.3, -0.25) is 0 Å². The first-order chi connectivity index (χ1) is 11.4. The Hall–Kier alpha value is -2.18. The summed E-state index contributed by atoms with van der Waals surface area (Å²) >= 11 is 0. The van der Waals surface area contributed by atoms with Crippen LogP contribution in [-0.2, 0) is 6.18 Å². The van der Waals surface area contributed by atoms with Crippen molar-refractivity contribution in [2.75, 3.05) is 18.0 Å². The van der Waals surface area contributed by atoms with Gasteiger partial charge in [-0.2, -0.15) is 13.2 Å². The van der Waals surface area contributed by atoms with Gasteiger partial charge in [0.25, 0.3) is 0 Å².